The van der Waals surface area contributed by atoms with Crippen molar-refractivity contribution in [3.63, 3.8) is 0 Å². The molecular formula is C14H11F3N2O3. The van der Waals surface area contributed by atoms with Crippen molar-refractivity contribution in [1.29, 1.82) is 0 Å². The molecule has 2 aromatic carbocycles. The van der Waals surface area contributed by atoms with Gasteiger partial charge in [-0.3, -0.25) is 10.1 Å². The molecule has 0 fully saturated rings. The summed E-state index contributed by atoms with van der Waals surface area (Å²) in [6.07, 6.45) is -4.76. The molecule has 0 aliphatic heterocycles. The van der Waals surface area contributed by atoms with Gasteiger partial charge in [0.15, 0.2) is 0 Å². The molecule has 0 radical (unpaired) electrons. The Labute approximate surface area is 123 Å². The molecule has 22 heavy (non-hydrogen) atoms. The number of nitro groups is 1. The highest BCUT2D eigenvalue weighted by Gasteiger charge is 2.31. The van der Waals surface area contributed by atoms with E-state index in [2.05, 4.69) is 4.74 Å². The Morgan fingerprint density at radius 1 is 1.09 bits per heavy atom. The van der Waals surface area contributed by atoms with Gasteiger partial charge in [-0.2, -0.15) is 0 Å². The molecule has 0 saturated carbocycles. The van der Waals surface area contributed by atoms with E-state index in [1.54, 1.807) is 6.07 Å². The van der Waals surface area contributed by atoms with Crippen LogP contribution in [0.25, 0.3) is 0 Å². The van der Waals surface area contributed by atoms with E-state index < -0.39 is 17.3 Å². The van der Waals surface area contributed by atoms with Gasteiger partial charge in [0, 0.05) is 12.1 Å². The monoisotopic (exact) mass is 312 g/mol. The van der Waals surface area contributed by atoms with Gasteiger partial charge in [-0.1, -0.05) is 24.3 Å². The Hall–Kier alpha value is -2.61. The van der Waals surface area contributed by atoms with Crippen molar-refractivity contribution in [3.8, 4) is 5.75 Å². The average molecular weight is 312 g/mol. The van der Waals surface area contributed by atoms with Crippen LogP contribution in [0.1, 0.15) is 17.2 Å². The maximum atomic E-state index is 12.1. The second kappa shape index (κ2) is 6.02. The van der Waals surface area contributed by atoms with Gasteiger partial charge in [0.1, 0.15) is 5.75 Å². The standard InChI is InChI=1S/C14H11F3N2O3/c15-14(16,17)22-12-6-4-9(5-7-12)13(18)10-2-1-3-11(8-10)19(20)21/h1-8,13H,18H2/t13-/m1/s1. The van der Waals surface area contributed by atoms with Crippen molar-refractivity contribution in [3.05, 3.63) is 69.8 Å². The lowest BCUT2D eigenvalue weighted by molar-refractivity contribution is -0.384. The van der Waals surface area contributed by atoms with E-state index in [4.69, 9.17) is 5.73 Å². The zero-order chi connectivity index (χ0) is 16.3. The fraction of sp³-hybridized carbons (Fsp3) is 0.143. The van der Waals surface area contributed by atoms with Crippen molar-refractivity contribution in [2.45, 2.75) is 12.4 Å². The van der Waals surface area contributed by atoms with E-state index in [1.165, 1.54) is 30.3 Å². The maximum absolute atomic E-state index is 12.1. The number of non-ortho nitro benzene ring substituents is 1. The zero-order valence-electron chi connectivity index (χ0n) is 11.1. The van der Waals surface area contributed by atoms with Gasteiger partial charge in [-0.05, 0) is 23.3 Å². The van der Waals surface area contributed by atoms with E-state index in [0.717, 1.165) is 12.1 Å². The minimum absolute atomic E-state index is 0.107. The fourth-order valence-electron chi connectivity index (χ4n) is 1.90. The van der Waals surface area contributed by atoms with Crippen LogP contribution < -0.4 is 10.5 Å². The number of hydrogen-bond acceptors (Lipinski definition) is 4. The lowest BCUT2D eigenvalue weighted by atomic mass is 9.99. The van der Waals surface area contributed by atoms with E-state index in [-0.39, 0.29) is 11.4 Å². The average Bonchev–Trinajstić information content (AvgIpc) is 2.46. The molecule has 2 aromatic rings. The summed E-state index contributed by atoms with van der Waals surface area (Å²) in [4.78, 5) is 10.2. The van der Waals surface area contributed by atoms with Crippen molar-refractivity contribution in [2.75, 3.05) is 0 Å². The molecule has 0 heterocycles. The lowest BCUT2D eigenvalue weighted by Crippen LogP contribution is -2.17. The molecule has 8 heteroatoms. The number of nitrogens with two attached hydrogens (primary N) is 1. The van der Waals surface area contributed by atoms with Crippen molar-refractivity contribution >= 4 is 5.69 Å². The van der Waals surface area contributed by atoms with Crippen LogP contribution in [0.3, 0.4) is 0 Å². The Balaban J connectivity index is 2.21. The van der Waals surface area contributed by atoms with E-state index >= 15 is 0 Å². The van der Waals surface area contributed by atoms with Crippen LogP contribution in [0.4, 0.5) is 18.9 Å². The number of ether oxygens (including phenoxy) is 1. The van der Waals surface area contributed by atoms with E-state index in [9.17, 15) is 23.3 Å². The van der Waals surface area contributed by atoms with Gasteiger partial charge in [0.25, 0.3) is 5.69 Å². The van der Waals surface area contributed by atoms with Crippen LogP contribution in [0, 0.1) is 10.1 Å². The van der Waals surface area contributed by atoms with E-state index in [1.807, 2.05) is 0 Å². The van der Waals surface area contributed by atoms with Crippen molar-refractivity contribution < 1.29 is 22.8 Å². The molecule has 0 unspecified atom stereocenters. The summed E-state index contributed by atoms with van der Waals surface area (Å²) in [5, 5.41) is 10.7. The molecule has 5 nitrogen and oxygen atoms in total. The molecular weight excluding hydrogens is 301 g/mol. The minimum atomic E-state index is -4.76. The first-order chi connectivity index (χ1) is 10.3. The second-order valence-corrected chi connectivity index (χ2v) is 4.45. The summed E-state index contributed by atoms with van der Waals surface area (Å²) in [6.45, 7) is 0. The van der Waals surface area contributed by atoms with Gasteiger partial charge in [-0.15, -0.1) is 13.2 Å². The predicted molar refractivity (Wildman–Crippen MR) is 72.3 cm³/mol. The number of hydrogen-bond donors (Lipinski definition) is 1. The fourth-order valence-corrected chi connectivity index (χ4v) is 1.90. The van der Waals surface area contributed by atoms with Crippen LogP contribution in [0.5, 0.6) is 5.75 Å². The zero-order valence-corrected chi connectivity index (χ0v) is 11.1. The number of rotatable bonds is 4. The smallest absolute Gasteiger partial charge is 0.406 e. The summed E-state index contributed by atoms with van der Waals surface area (Å²) < 4.78 is 40.0. The summed E-state index contributed by atoms with van der Waals surface area (Å²) in [7, 11) is 0. The molecule has 0 bridgehead atoms. The Bertz CT molecular complexity index is 672. The highest BCUT2D eigenvalue weighted by atomic mass is 19.4. The molecule has 0 aliphatic rings. The number of nitro benzene ring substituents is 1. The van der Waals surface area contributed by atoms with Gasteiger partial charge in [0.2, 0.25) is 0 Å². The molecule has 116 valence electrons. The predicted octanol–water partition coefficient (Wildman–Crippen LogP) is 3.54. The van der Waals surface area contributed by atoms with Crippen molar-refractivity contribution in [2.24, 2.45) is 5.73 Å². The third-order valence-corrected chi connectivity index (χ3v) is 2.91. The summed E-state index contributed by atoms with van der Waals surface area (Å²) in [5.41, 5.74) is 6.86. The topological polar surface area (TPSA) is 78.4 Å². The highest BCUT2D eigenvalue weighted by molar-refractivity contribution is 5.40. The third-order valence-electron chi connectivity index (χ3n) is 2.91. The van der Waals surface area contributed by atoms with Gasteiger partial charge < -0.3 is 10.5 Å². The Morgan fingerprint density at radius 2 is 1.73 bits per heavy atom. The second-order valence-electron chi connectivity index (χ2n) is 4.45. The number of nitrogens with zero attached hydrogens (tertiary/aromatic N) is 1. The molecule has 0 aliphatic carbocycles. The SMILES string of the molecule is N[C@H](c1ccc(OC(F)(F)F)cc1)c1cccc([N+](=O)[O-])c1. The maximum Gasteiger partial charge on any atom is 0.573 e. The first-order valence-electron chi connectivity index (χ1n) is 6.12. The largest absolute Gasteiger partial charge is 0.573 e. The van der Waals surface area contributed by atoms with Crippen LogP contribution in [0.15, 0.2) is 48.5 Å². The number of alkyl halides is 3. The summed E-state index contributed by atoms with van der Waals surface area (Å²) >= 11 is 0. The van der Waals surface area contributed by atoms with Gasteiger partial charge >= 0.3 is 6.36 Å². The molecule has 2 rings (SSSR count). The van der Waals surface area contributed by atoms with Gasteiger partial charge in [0.05, 0.1) is 11.0 Å². The first-order valence-corrected chi connectivity index (χ1v) is 6.12. The first kappa shape index (κ1) is 15.8. The molecule has 0 aromatic heterocycles. The molecule has 1 atom stereocenters. The molecule has 0 saturated heterocycles. The molecule has 0 spiro atoms. The molecule has 0 amide bonds. The number of benzene rings is 2. The number of halogens is 3. The Kier molecular flexibility index (Phi) is 4.32. The summed E-state index contributed by atoms with van der Waals surface area (Å²) in [5.74, 6) is -0.359. The summed E-state index contributed by atoms with van der Waals surface area (Å²) in [6, 6.07) is 10.1. The highest BCUT2D eigenvalue weighted by Crippen LogP contribution is 2.27. The normalized spacial score (nSPS) is 12.7. The van der Waals surface area contributed by atoms with Crippen LogP contribution >= 0.6 is 0 Å². The van der Waals surface area contributed by atoms with E-state index in [0.29, 0.717) is 11.1 Å². The van der Waals surface area contributed by atoms with Crippen LogP contribution in [0.2, 0.25) is 0 Å². The lowest BCUT2D eigenvalue weighted by Gasteiger charge is -2.14. The van der Waals surface area contributed by atoms with Gasteiger partial charge in [-0.25, -0.2) is 0 Å². The molecule has 2 N–H and O–H groups in total. The van der Waals surface area contributed by atoms with Crippen LogP contribution in [-0.2, 0) is 0 Å². The van der Waals surface area contributed by atoms with Crippen molar-refractivity contribution in [1.82, 2.24) is 0 Å². The quantitative estimate of drug-likeness (QED) is 0.692. The minimum Gasteiger partial charge on any atom is -0.406 e. The van der Waals surface area contributed by atoms with Crippen LogP contribution in [-0.4, -0.2) is 11.3 Å². The Morgan fingerprint density at radius 3 is 2.27 bits per heavy atom. The third kappa shape index (κ3) is 3.95.